The quantitative estimate of drug-likeness (QED) is 0.840. The van der Waals surface area contributed by atoms with Gasteiger partial charge in [0.05, 0.1) is 6.04 Å². The van der Waals surface area contributed by atoms with Gasteiger partial charge in [0, 0.05) is 15.6 Å². The summed E-state index contributed by atoms with van der Waals surface area (Å²) in [5, 5.41) is 4.01. The third-order valence-corrected chi connectivity index (χ3v) is 3.51. The lowest BCUT2D eigenvalue weighted by atomic mass is 9.98. The second kappa shape index (κ2) is 6.53. The zero-order valence-corrected chi connectivity index (χ0v) is 12.3. The van der Waals surface area contributed by atoms with E-state index < -0.39 is 17.7 Å². The molecule has 20 heavy (non-hydrogen) atoms. The molecule has 2 aromatic rings. The molecule has 0 spiro atoms. The molecule has 5 heteroatoms. The van der Waals surface area contributed by atoms with Gasteiger partial charge in [-0.1, -0.05) is 36.2 Å². The molecule has 1 N–H and O–H groups in total. The van der Waals surface area contributed by atoms with E-state index in [-0.39, 0.29) is 5.56 Å². The number of rotatable bonds is 4. The van der Waals surface area contributed by atoms with Crippen molar-refractivity contribution >= 4 is 23.2 Å². The maximum Gasteiger partial charge on any atom is 0.128 e. The maximum absolute atomic E-state index is 14.0. The number of nitrogens with one attached hydrogen (secondary N) is 1. The Kier molecular flexibility index (Phi) is 4.97. The van der Waals surface area contributed by atoms with Crippen molar-refractivity contribution in [2.75, 3.05) is 6.54 Å². The van der Waals surface area contributed by atoms with Crippen LogP contribution in [0.15, 0.2) is 36.4 Å². The van der Waals surface area contributed by atoms with E-state index >= 15 is 0 Å². The van der Waals surface area contributed by atoms with Crippen LogP contribution in [0.25, 0.3) is 0 Å². The Labute approximate surface area is 126 Å². The van der Waals surface area contributed by atoms with Crippen LogP contribution in [-0.4, -0.2) is 6.54 Å². The highest BCUT2D eigenvalue weighted by Crippen LogP contribution is 2.32. The third kappa shape index (κ3) is 3.29. The predicted molar refractivity (Wildman–Crippen MR) is 78.3 cm³/mol. The summed E-state index contributed by atoms with van der Waals surface area (Å²) in [6.07, 6.45) is 0. The summed E-state index contributed by atoms with van der Waals surface area (Å²) in [5.74, 6) is -0.974. The van der Waals surface area contributed by atoms with Crippen LogP contribution in [0.2, 0.25) is 10.0 Å². The maximum atomic E-state index is 14.0. The summed E-state index contributed by atoms with van der Waals surface area (Å²) in [6, 6.07) is 7.81. The summed E-state index contributed by atoms with van der Waals surface area (Å²) < 4.78 is 27.3. The Morgan fingerprint density at radius 3 is 2.45 bits per heavy atom. The molecule has 1 atom stereocenters. The SMILES string of the molecule is CCNC(c1cc(F)ccc1F)c1ccc(Cl)cc1Cl. The van der Waals surface area contributed by atoms with Gasteiger partial charge in [-0.25, -0.2) is 8.78 Å². The second-order valence-electron chi connectivity index (χ2n) is 4.32. The summed E-state index contributed by atoms with van der Waals surface area (Å²) in [7, 11) is 0. The minimum atomic E-state index is -0.527. The topological polar surface area (TPSA) is 12.0 Å². The van der Waals surface area contributed by atoms with E-state index in [1.54, 1.807) is 18.2 Å². The molecule has 0 heterocycles. The highest BCUT2D eigenvalue weighted by molar-refractivity contribution is 6.35. The van der Waals surface area contributed by atoms with E-state index in [9.17, 15) is 8.78 Å². The minimum Gasteiger partial charge on any atom is -0.306 e. The molecule has 0 amide bonds. The molecule has 0 fully saturated rings. The molecular formula is C15H13Cl2F2N. The van der Waals surface area contributed by atoms with Crippen LogP contribution in [0, 0.1) is 11.6 Å². The molecule has 1 unspecified atom stereocenters. The van der Waals surface area contributed by atoms with Gasteiger partial charge in [0.2, 0.25) is 0 Å². The molecule has 106 valence electrons. The van der Waals surface area contributed by atoms with Crippen LogP contribution < -0.4 is 5.32 Å². The van der Waals surface area contributed by atoms with Crippen molar-refractivity contribution in [3.05, 3.63) is 69.2 Å². The fourth-order valence-electron chi connectivity index (χ4n) is 2.06. The van der Waals surface area contributed by atoms with Crippen LogP contribution in [0.5, 0.6) is 0 Å². The number of halogens is 4. The monoisotopic (exact) mass is 315 g/mol. The normalized spacial score (nSPS) is 12.4. The van der Waals surface area contributed by atoms with Crippen molar-refractivity contribution in [3.8, 4) is 0 Å². The summed E-state index contributed by atoms with van der Waals surface area (Å²) in [4.78, 5) is 0. The number of hydrogen-bond acceptors (Lipinski definition) is 1. The Bertz CT molecular complexity index is 617. The van der Waals surface area contributed by atoms with Crippen molar-refractivity contribution < 1.29 is 8.78 Å². The van der Waals surface area contributed by atoms with E-state index in [0.717, 1.165) is 12.1 Å². The molecule has 0 aliphatic heterocycles. The van der Waals surface area contributed by atoms with Crippen LogP contribution in [0.4, 0.5) is 8.78 Å². The van der Waals surface area contributed by atoms with E-state index in [1.165, 1.54) is 6.07 Å². The molecule has 0 aromatic heterocycles. The van der Waals surface area contributed by atoms with Crippen molar-refractivity contribution in [1.82, 2.24) is 5.32 Å². The first kappa shape index (κ1) is 15.2. The predicted octanol–water partition coefficient (Wildman–Crippen LogP) is 4.97. The zero-order valence-electron chi connectivity index (χ0n) is 10.8. The number of benzene rings is 2. The highest BCUT2D eigenvalue weighted by Gasteiger charge is 2.20. The molecule has 0 radical (unpaired) electrons. The Morgan fingerprint density at radius 2 is 1.80 bits per heavy atom. The lowest BCUT2D eigenvalue weighted by Gasteiger charge is -2.21. The van der Waals surface area contributed by atoms with Crippen molar-refractivity contribution in [1.29, 1.82) is 0 Å². The number of hydrogen-bond donors (Lipinski definition) is 1. The second-order valence-corrected chi connectivity index (χ2v) is 5.17. The van der Waals surface area contributed by atoms with Gasteiger partial charge in [-0.2, -0.15) is 0 Å². The summed E-state index contributed by atoms with van der Waals surface area (Å²) >= 11 is 12.0. The zero-order chi connectivity index (χ0) is 14.7. The molecular weight excluding hydrogens is 303 g/mol. The lowest BCUT2D eigenvalue weighted by molar-refractivity contribution is 0.545. The first-order valence-electron chi connectivity index (χ1n) is 6.16. The van der Waals surface area contributed by atoms with Gasteiger partial charge in [0.25, 0.3) is 0 Å². The van der Waals surface area contributed by atoms with Gasteiger partial charge in [0.1, 0.15) is 11.6 Å². The van der Waals surface area contributed by atoms with Gasteiger partial charge in [-0.3, -0.25) is 0 Å². The average Bonchev–Trinajstić information content (AvgIpc) is 2.40. The van der Waals surface area contributed by atoms with E-state index in [1.807, 2.05) is 6.92 Å². The largest absolute Gasteiger partial charge is 0.306 e. The van der Waals surface area contributed by atoms with Gasteiger partial charge in [-0.15, -0.1) is 0 Å². The molecule has 0 aliphatic rings. The van der Waals surface area contributed by atoms with Crippen molar-refractivity contribution in [2.45, 2.75) is 13.0 Å². The molecule has 0 bridgehead atoms. The summed E-state index contributed by atoms with van der Waals surface area (Å²) in [5.41, 5.74) is 0.874. The average molecular weight is 316 g/mol. The fourth-order valence-corrected chi connectivity index (χ4v) is 2.58. The van der Waals surface area contributed by atoms with E-state index in [2.05, 4.69) is 5.32 Å². The fraction of sp³-hybridized carbons (Fsp3) is 0.200. The molecule has 0 saturated carbocycles. The van der Waals surface area contributed by atoms with Gasteiger partial charge in [0.15, 0.2) is 0 Å². The first-order valence-corrected chi connectivity index (χ1v) is 6.91. The van der Waals surface area contributed by atoms with Crippen LogP contribution >= 0.6 is 23.2 Å². The summed E-state index contributed by atoms with van der Waals surface area (Å²) in [6.45, 7) is 2.47. The van der Waals surface area contributed by atoms with Crippen molar-refractivity contribution in [3.63, 3.8) is 0 Å². The smallest absolute Gasteiger partial charge is 0.128 e. The lowest BCUT2D eigenvalue weighted by Crippen LogP contribution is -2.23. The van der Waals surface area contributed by atoms with E-state index in [4.69, 9.17) is 23.2 Å². The van der Waals surface area contributed by atoms with Crippen LogP contribution in [0.3, 0.4) is 0 Å². The Hall–Kier alpha value is -1.16. The van der Waals surface area contributed by atoms with E-state index in [0.29, 0.717) is 22.2 Å². The van der Waals surface area contributed by atoms with Gasteiger partial charge < -0.3 is 5.32 Å². The van der Waals surface area contributed by atoms with Gasteiger partial charge in [-0.05, 0) is 42.4 Å². The molecule has 0 aliphatic carbocycles. The highest BCUT2D eigenvalue weighted by atomic mass is 35.5. The third-order valence-electron chi connectivity index (χ3n) is 2.95. The molecule has 2 rings (SSSR count). The molecule has 2 aromatic carbocycles. The Balaban J connectivity index is 2.53. The first-order chi connectivity index (χ1) is 9.52. The van der Waals surface area contributed by atoms with Crippen molar-refractivity contribution in [2.24, 2.45) is 0 Å². The van der Waals surface area contributed by atoms with Crippen LogP contribution in [-0.2, 0) is 0 Å². The molecule has 1 nitrogen and oxygen atoms in total. The minimum absolute atomic E-state index is 0.219. The molecule has 0 saturated heterocycles. The van der Waals surface area contributed by atoms with Gasteiger partial charge >= 0.3 is 0 Å². The Morgan fingerprint density at radius 1 is 1.05 bits per heavy atom. The standard InChI is InChI=1S/C15H13Cl2F2N/c1-2-20-15(11-5-3-9(16)7-13(11)17)12-8-10(18)4-6-14(12)19/h3-8,15,20H,2H2,1H3. The van der Waals surface area contributed by atoms with Crippen LogP contribution in [0.1, 0.15) is 24.1 Å².